The Morgan fingerprint density at radius 2 is 2.09 bits per heavy atom. The molecule has 0 saturated heterocycles. The van der Waals surface area contributed by atoms with Gasteiger partial charge >= 0.3 is 0 Å². The van der Waals surface area contributed by atoms with Crippen LogP contribution in [0.4, 0.5) is 0 Å². The van der Waals surface area contributed by atoms with Gasteiger partial charge < -0.3 is 10.2 Å². The normalized spacial score (nSPS) is 43.3. The van der Waals surface area contributed by atoms with E-state index in [1.807, 2.05) is 6.92 Å². The maximum Gasteiger partial charge on any atom is 0.155 e. The molecule has 6 atom stereocenters. The summed E-state index contributed by atoms with van der Waals surface area (Å²) in [6, 6.07) is 0. The summed E-state index contributed by atoms with van der Waals surface area (Å²) in [5.74, 6) is 0.488. The quantitative estimate of drug-likeness (QED) is 0.777. The van der Waals surface area contributed by atoms with Crippen molar-refractivity contribution in [3.8, 4) is 0 Å². The van der Waals surface area contributed by atoms with Gasteiger partial charge in [0.25, 0.3) is 0 Å². The summed E-state index contributed by atoms with van der Waals surface area (Å²) >= 11 is 0. The van der Waals surface area contributed by atoms with Gasteiger partial charge in [-0.1, -0.05) is 32.4 Å². The van der Waals surface area contributed by atoms with Crippen molar-refractivity contribution in [2.75, 3.05) is 0 Å². The third-order valence-electron chi connectivity index (χ3n) is 7.11. The SMILES string of the molecule is C=C[C@@](C)(O)CC[C@@]1(C)[C@H](C)[C@H](O)C[C@@]2(C)C(C)=CC(=O)C[C@H]12. The highest BCUT2D eigenvalue weighted by Crippen LogP contribution is 2.61. The van der Waals surface area contributed by atoms with Crippen molar-refractivity contribution in [2.24, 2.45) is 22.7 Å². The van der Waals surface area contributed by atoms with Gasteiger partial charge in [0, 0.05) is 6.42 Å². The molecule has 0 amide bonds. The number of aliphatic hydroxyl groups excluding tert-OH is 1. The van der Waals surface area contributed by atoms with Gasteiger partial charge in [0.15, 0.2) is 5.78 Å². The zero-order chi connectivity index (χ0) is 17.6. The van der Waals surface area contributed by atoms with E-state index in [0.29, 0.717) is 19.3 Å². The molecule has 0 aliphatic heterocycles. The van der Waals surface area contributed by atoms with E-state index in [4.69, 9.17) is 0 Å². The minimum Gasteiger partial charge on any atom is -0.393 e. The molecule has 2 N–H and O–H groups in total. The molecule has 0 unspecified atom stereocenters. The summed E-state index contributed by atoms with van der Waals surface area (Å²) in [6.07, 6.45) is 5.57. The Morgan fingerprint density at radius 3 is 2.65 bits per heavy atom. The van der Waals surface area contributed by atoms with Crippen molar-refractivity contribution in [3.05, 3.63) is 24.3 Å². The Morgan fingerprint density at radius 1 is 1.48 bits per heavy atom. The van der Waals surface area contributed by atoms with Crippen molar-refractivity contribution in [2.45, 2.75) is 72.0 Å². The summed E-state index contributed by atoms with van der Waals surface area (Å²) in [7, 11) is 0. The lowest BCUT2D eigenvalue weighted by atomic mass is 9.46. The fraction of sp³-hybridized carbons (Fsp3) is 0.750. The largest absolute Gasteiger partial charge is 0.393 e. The first-order chi connectivity index (χ1) is 10.5. The number of ketones is 1. The second-order valence-electron chi connectivity index (χ2n) is 8.60. The molecule has 0 radical (unpaired) electrons. The molecule has 0 aromatic rings. The van der Waals surface area contributed by atoms with E-state index in [-0.39, 0.29) is 34.6 Å². The second kappa shape index (κ2) is 5.86. The van der Waals surface area contributed by atoms with E-state index in [2.05, 4.69) is 27.4 Å². The topological polar surface area (TPSA) is 57.5 Å². The number of fused-ring (bicyclic) bond motifs is 1. The highest BCUT2D eigenvalue weighted by molar-refractivity contribution is 5.92. The summed E-state index contributed by atoms with van der Waals surface area (Å²) < 4.78 is 0. The van der Waals surface area contributed by atoms with Gasteiger partial charge in [0.1, 0.15) is 0 Å². The fourth-order valence-electron chi connectivity index (χ4n) is 4.83. The first kappa shape index (κ1) is 18.4. The lowest BCUT2D eigenvalue weighted by Crippen LogP contribution is -2.56. The van der Waals surface area contributed by atoms with Gasteiger partial charge in [0.05, 0.1) is 11.7 Å². The lowest BCUT2D eigenvalue weighted by molar-refractivity contribution is -0.138. The van der Waals surface area contributed by atoms with Crippen molar-refractivity contribution in [3.63, 3.8) is 0 Å². The fourth-order valence-corrected chi connectivity index (χ4v) is 4.83. The van der Waals surface area contributed by atoms with E-state index in [9.17, 15) is 15.0 Å². The third kappa shape index (κ3) is 3.06. The second-order valence-corrected chi connectivity index (χ2v) is 8.60. The molecule has 2 rings (SSSR count). The Labute approximate surface area is 140 Å². The van der Waals surface area contributed by atoms with Gasteiger partial charge in [-0.25, -0.2) is 0 Å². The molecule has 23 heavy (non-hydrogen) atoms. The number of rotatable bonds is 4. The predicted octanol–water partition coefficient (Wildman–Crippen LogP) is 3.65. The number of carbonyl (C=O) groups excluding carboxylic acids is 1. The van der Waals surface area contributed by atoms with Crippen LogP contribution in [0.2, 0.25) is 0 Å². The molecule has 0 aromatic carbocycles. The van der Waals surface area contributed by atoms with Gasteiger partial charge in [-0.15, -0.1) is 6.58 Å². The zero-order valence-corrected chi connectivity index (χ0v) is 15.2. The Balaban J connectivity index is 2.40. The lowest BCUT2D eigenvalue weighted by Gasteiger charge is -2.59. The number of allylic oxidation sites excluding steroid dienone is 2. The molecule has 1 saturated carbocycles. The first-order valence-electron chi connectivity index (χ1n) is 8.72. The average molecular weight is 320 g/mol. The highest BCUT2D eigenvalue weighted by atomic mass is 16.3. The molecule has 0 aromatic heterocycles. The van der Waals surface area contributed by atoms with Crippen LogP contribution < -0.4 is 0 Å². The maximum absolute atomic E-state index is 12.2. The molecule has 1 fully saturated rings. The first-order valence-corrected chi connectivity index (χ1v) is 8.72. The summed E-state index contributed by atoms with van der Waals surface area (Å²) in [4.78, 5) is 12.2. The van der Waals surface area contributed by atoms with Crippen molar-refractivity contribution < 1.29 is 15.0 Å². The van der Waals surface area contributed by atoms with E-state index in [1.165, 1.54) is 0 Å². The minimum absolute atomic E-state index is 0.0971. The number of hydrogen-bond donors (Lipinski definition) is 2. The smallest absolute Gasteiger partial charge is 0.155 e. The van der Waals surface area contributed by atoms with Crippen LogP contribution in [0, 0.1) is 22.7 Å². The molecule has 0 bridgehead atoms. The Kier molecular flexibility index (Phi) is 4.69. The van der Waals surface area contributed by atoms with E-state index < -0.39 is 5.60 Å². The zero-order valence-electron chi connectivity index (χ0n) is 15.2. The van der Waals surface area contributed by atoms with Crippen LogP contribution in [0.15, 0.2) is 24.3 Å². The highest BCUT2D eigenvalue weighted by Gasteiger charge is 2.57. The van der Waals surface area contributed by atoms with E-state index in [1.54, 1.807) is 19.1 Å². The molecule has 2 aliphatic rings. The average Bonchev–Trinajstić information content (AvgIpc) is 2.47. The van der Waals surface area contributed by atoms with Gasteiger partial charge in [0.2, 0.25) is 0 Å². The van der Waals surface area contributed by atoms with Gasteiger partial charge in [-0.05, 0) is 61.9 Å². The molecule has 3 heteroatoms. The van der Waals surface area contributed by atoms with Crippen LogP contribution in [0.5, 0.6) is 0 Å². The van der Waals surface area contributed by atoms with Crippen molar-refractivity contribution in [1.82, 2.24) is 0 Å². The molecule has 0 spiro atoms. The van der Waals surface area contributed by atoms with Crippen molar-refractivity contribution >= 4 is 5.78 Å². The van der Waals surface area contributed by atoms with E-state index >= 15 is 0 Å². The van der Waals surface area contributed by atoms with Gasteiger partial charge in [-0.2, -0.15) is 0 Å². The van der Waals surface area contributed by atoms with Crippen molar-refractivity contribution in [1.29, 1.82) is 0 Å². The summed E-state index contributed by atoms with van der Waals surface area (Å²) in [5.41, 5.74) is -0.156. The Bertz CT molecular complexity index is 533. The van der Waals surface area contributed by atoms with Crippen LogP contribution in [0.3, 0.4) is 0 Å². The molecular formula is C20H32O3. The molecule has 3 nitrogen and oxygen atoms in total. The van der Waals surface area contributed by atoms with Crippen LogP contribution in [-0.4, -0.2) is 27.7 Å². The molecule has 0 heterocycles. The molecule has 130 valence electrons. The van der Waals surface area contributed by atoms with E-state index in [0.717, 1.165) is 12.0 Å². The standard InChI is InChI=1S/C20H32O3/c1-7-18(4,23)8-9-19(5)14(3)16(22)12-20(6)13(2)10-15(21)11-17(19)20/h7,10,14,16-17,22-23H,1,8-9,11-12H2,2-6H3/t14-,16-,17-,18-,19+,20+/m1/s1. The maximum atomic E-state index is 12.2. The van der Waals surface area contributed by atoms with Crippen LogP contribution in [0.25, 0.3) is 0 Å². The van der Waals surface area contributed by atoms with Gasteiger partial charge in [-0.3, -0.25) is 4.79 Å². The van der Waals surface area contributed by atoms with Crippen LogP contribution >= 0.6 is 0 Å². The molecule has 2 aliphatic carbocycles. The van der Waals surface area contributed by atoms with Crippen LogP contribution in [0.1, 0.15) is 60.3 Å². The minimum atomic E-state index is -0.912. The number of hydrogen-bond acceptors (Lipinski definition) is 3. The summed E-state index contributed by atoms with van der Waals surface area (Å²) in [6.45, 7) is 14.0. The predicted molar refractivity (Wildman–Crippen MR) is 92.9 cm³/mol. The van der Waals surface area contributed by atoms with Crippen LogP contribution in [-0.2, 0) is 4.79 Å². The monoisotopic (exact) mass is 320 g/mol. The third-order valence-corrected chi connectivity index (χ3v) is 7.11. The number of carbonyl (C=O) groups is 1. The molecular weight excluding hydrogens is 288 g/mol. The summed E-state index contributed by atoms with van der Waals surface area (Å²) in [5, 5.41) is 21.0. The Hall–Kier alpha value is -0.930. The number of aliphatic hydroxyl groups is 2.